The van der Waals surface area contributed by atoms with Gasteiger partial charge in [0.25, 0.3) is 0 Å². The summed E-state index contributed by atoms with van der Waals surface area (Å²) in [7, 11) is -1.92. The first-order valence-electron chi connectivity index (χ1n) is 6.37. The van der Waals surface area contributed by atoms with Gasteiger partial charge in [-0.05, 0) is 39.5 Å². The molecule has 0 aromatic carbocycles. The van der Waals surface area contributed by atoms with E-state index in [2.05, 4.69) is 9.82 Å². The molecule has 1 heterocycles. The second kappa shape index (κ2) is 4.57. The molecule has 1 aliphatic carbocycles. The Kier molecular flexibility index (Phi) is 3.49. The van der Waals surface area contributed by atoms with Crippen molar-refractivity contribution in [3.05, 3.63) is 11.4 Å². The van der Waals surface area contributed by atoms with Crippen LogP contribution in [0.15, 0.2) is 4.90 Å². The van der Waals surface area contributed by atoms with Gasteiger partial charge in [0, 0.05) is 13.6 Å². The van der Waals surface area contributed by atoms with Crippen LogP contribution in [-0.4, -0.2) is 35.5 Å². The Morgan fingerprint density at radius 1 is 1.47 bits per heavy atom. The van der Waals surface area contributed by atoms with Crippen LogP contribution >= 0.6 is 0 Å². The molecule has 7 heteroatoms. The molecule has 1 atom stereocenters. The first-order valence-corrected chi connectivity index (χ1v) is 7.86. The smallest absolute Gasteiger partial charge is 0.244 e. The van der Waals surface area contributed by atoms with Gasteiger partial charge in [-0.3, -0.25) is 4.68 Å². The molecule has 0 saturated heterocycles. The lowest BCUT2D eigenvalue weighted by atomic mass is 10.0. The molecular weight excluding hydrogens is 266 g/mol. The molecule has 0 radical (unpaired) electrons. The molecule has 1 aromatic rings. The second-order valence-electron chi connectivity index (χ2n) is 5.58. The first-order chi connectivity index (χ1) is 8.65. The van der Waals surface area contributed by atoms with Gasteiger partial charge in [-0.25, -0.2) is 13.1 Å². The standard InChI is InChI=1S/C12H21N3O3S/c1-8-11(9(2)15(4)14-8)19(17,18)13-7-12(3,16)10-5-6-10/h10,13,16H,5-7H2,1-4H3/t12-/m1/s1. The summed E-state index contributed by atoms with van der Waals surface area (Å²) >= 11 is 0. The van der Waals surface area contributed by atoms with Gasteiger partial charge in [0.15, 0.2) is 0 Å². The number of rotatable bonds is 5. The SMILES string of the molecule is Cc1nn(C)c(C)c1S(=O)(=O)NC[C@@](C)(O)C1CC1. The van der Waals surface area contributed by atoms with Gasteiger partial charge >= 0.3 is 0 Å². The zero-order valence-corrected chi connectivity index (χ0v) is 12.6. The number of aryl methyl sites for hydroxylation is 2. The summed E-state index contributed by atoms with van der Waals surface area (Å²) in [6.45, 7) is 5.10. The van der Waals surface area contributed by atoms with Crippen LogP contribution < -0.4 is 4.72 Å². The Hall–Kier alpha value is -0.920. The van der Waals surface area contributed by atoms with Gasteiger partial charge in [0.2, 0.25) is 10.0 Å². The highest BCUT2D eigenvalue weighted by Gasteiger charge is 2.40. The average molecular weight is 287 g/mol. The molecule has 2 N–H and O–H groups in total. The second-order valence-corrected chi connectivity index (χ2v) is 7.28. The van der Waals surface area contributed by atoms with E-state index in [0.29, 0.717) is 11.4 Å². The zero-order valence-electron chi connectivity index (χ0n) is 11.8. The average Bonchev–Trinajstić information content (AvgIpc) is 3.07. The number of sulfonamides is 1. The highest BCUT2D eigenvalue weighted by Crippen LogP contribution is 2.39. The first kappa shape index (κ1) is 14.5. The maximum atomic E-state index is 12.3. The molecule has 0 unspecified atom stereocenters. The van der Waals surface area contributed by atoms with Gasteiger partial charge < -0.3 is 5.11 Å². The van der Waals surface area contributed by atoms with Crippen molar-refractivity contribution in [1.82, 2.24) is 14.5 Å². The molecule has 6 nitrogen and oxygen atoms in total. The van der Waals surface area contributed by atoms with Crippen molar-refractivity contribution in [2.75, 3.05) is 6.54 Å². The molecule has 108 valence electrons. The van der Waals surface area contributed by atoms with Crippen LogP contribution in [0.4, 0.5) is 0 Å². The Morgan fingerprint density at radius 3 is 2.47 bits per heavy atom. The summed E-state index contributed by atoms with van der Waals surface area (Å²) in [6, 6.07) is 0. The van der Waals surface area contributed by atoms with Crippen LogP contribution in [0.5, 0.6) is 0 Å². The molecule has 0 bridgehead atoms. The van der Waals surface area contributed by atoms with E-state index in [9.17, 15) is 13.5 Å². The predicted molar refractivity (Wildman–Crippen MR) is 71.2 cm³/mol. The molecule has 0 spiro atoms. The van der Waals surface area contributed by atoms with E-state index < -0.39 is 15.6 Å². The third kappa shape index (κ3) is 2.82. The van der Waals surface area contributed by atoms with Crippen LogP contribution in [0.1, 0.15) is 31.2 Å². The zero-order chi connectivity index (χ0) is 14.4. The fraction of sp³-hybridized carbons (Fsp3) is 0.750. The molecule has 0 aliphatic heterocycles. The molecule has 1 fully saturated rings. The Balaban J connectivity index is 2.18. The lowest BCUT2D eigenvalue weighted by Crippen LogP contribution is -2.42. The molecule has 0 amide bonds. The maximum Gasteiger partial charge on any atom is 0.244 e. The molecule has 2 rings (SSSR count). The minimum atomic E-state index is -3.63. The third-order valence-electron chi connectivity index (χ3n) is 3.79. The topological polar surface area (TPSA) is 84.2 Å². The van der Waals surface area contributed by atoms with Crippen molar-refractivity contribution in [1.29, 1.82) is 0 Å². The largest absolute Gasteiger partial charge is 0.389 e. The molecule has 1 aromatic heterocycles. The van der Waals surface area contributed by atoms with Crippen LogP contribution in [0.3, 0.4) is 0 Å². The summed E-state index contributed by atoms with van der Waals surface area (Å²) in [5, 5.41) is 14.3. The van der Waals surface area contributed by atoms with Gasteiger partial charge in [0.05, 0.1) is 17.0 Å². The predicted octanol–water partition coefficient (Wildman–Crippen LogP) is 0.476. The van der Waals surface area contributed by atoms with Gasteiger partial charge in [-0.1, -0.05) is 0 Å². The van der Waals surface area contributed by atoms with Crippen molar-refractivity contribution in [3.8, 4) is 0 Å². The molecule has 1 saturated carbocycles. The summed E-state index contributed by atoms with van der Waals surface area (Å²) in [5.74, 6) is 0.200. The van der Waals surface area contributed by atoms with Crippen molar-refractivity contribution < 1.29 is 13.5 Å². The quantitative estimate of drug-likeness (QED) is 0.825. The van der Waals surface area contributed by atoms with Crippen LogP contribution in [0.25, 0.3) is 0 Å². The lowest BCUT2D eigenvalue weighted by Gasteiger charge is -2.23. The Morgan fingerprint density at radius 2 is 2.05 bits per heavy atom. The fourth-order valence-corrected chi connectivity index (χ4v) is 3.88. The van der Waals surface area contributed by atoms with Gasteiger partial charge in [-0.2, -0.15) is 5.10 Å². The van der Waals surface area contributed by atoms with E-state index in [1.54, 1.807) is 32.5 Å². The van der Waals surface area contributed by atoms with Crippen molar-refractivity contribution >= 4 is 10.0 Å². The summed E-state index contributed by atoms with van der Waals surface area (Å²) in [5.41, 5.74) is 0.0894. The number of aromatic nitrogens is 2. The van der Waals surface area contributed by atoms with E-state index in [-0.39, 0.29) is 17.4 Å². The highest BCUT2D eigenvalue weighted by atomic mass is 32.2. The number of nitrogens with one attached hydrogen (secondary N) is 1. The highest BCUT2D eigenvalue weighted by molar-refractivity contribution is 7.89. The normalized spacial score (nSPS) is 19.4. The van der Waals surface area contributed by atoms with Crippen LogP contribution in [-0.2, 0) is 17.1 Å². The van der Waals surface area contributed by atoms with E-state index >= 15 is 0 Å². The molecule has 1 aliphatic rings. The number of aliphatic hydroxyl groups is 1. The lowest BCUT2D eigenvalue weighted by molar-refractivity contribution is 0.0422. The maximum absolute atomic E-state index is 12.3. The van der Waals surface area contributed by atoms with E-state index in [1.807, 2.05) is 0 Å². The van der Waals surface area contributed by atoms with Crippen LogP contribution in [0, 0.1) is 19.8 Å². The minimum absolute atomic E-state index is 0.0355. The monoisotopic (exact) mass is 287 g/mol. The van der Waals surface area contributed by atoms with Gasteiger partial charge in [0.1, 0.15) is 4.90 Å². The minimum Gasteiger partial charge on any atom is -0.389 e. The third-order valence-corrected chi connectivity index (χ3v) is 5.44. The molecule has 19 heavy (non-hydrogen) atoms. The fourth-order valence-electron chi connectivity index (χ4n) is 2.31. The number of hydrogen-bond donors (Lipinski definition) is 2. The summed E-state index contributed by atoms with van der Waals surface area (Å²) in [4.78, 5) is 0.210. The van der Waals surface area contributed by atoms with E-state index in [1.165, 1.54) is 0 Å². The van der Waals surface area contributed by atoms with Crippen molar-refractivity contribution in [3.63, 3.8) is 0 Å². The number of hydrogen-bond acceptors (Lipinski definition) is 4. The van der Waals surface area contributed by atoms with Crippen molar-refractivity contribution in [2.45, 2.75) is 44.1 Å². The summed E-state index contributed by atoms with van der Waals surface area (Å²) < 4.78 is 28.6. The number of nitrogens with zero attached hydrogens (tertiary/aromatic N) is 2. The Labute approximate surface area is 113 Å². The van der Waals surface area contributed by atoms with E-state index in [4.69, 9.17) is 0 Å². The summed E-state index contributed by atoms with van der Waals surface area (Å²) in [6.07, 6.45) is 1.92. The Bertz CT molecular complexity index is 586. The van der Waals surface area contributed by atoms with E-state index in [0.717, 1.165) is 12.8 Å². The van der Waals surface area contributed by atoms with Gasteiger partial charge in [-0.15, -0.1) is 0 Å². The molecular formula is C12H21N3O3S. The van der Waals surface area contributed by atoms with Crippen molar-refractivity contribution in [2.24, 2.45) is 13.0 Å². The van der Waals surface area contributed by atoms with Crippen LogP contribution in [0.2, 0.25) is 0 Å².